The minimum Gasteiger partial charge on any atom is -0.298 e. The Morgan fingerprint density at radius 2 is 1.71 bits per heavy atom. The van der Waals surface area contributed by atoms with Crippen LogP contribution < -0.4 is 0 Å². The van der Waals surface area contributed by atoms with Crippen molar-refractivity contribution in [1.82, 2.24) is 9.80 Å². The molecule has 0 bridgehead atoms. The maximum absolute atomic E-state index is 13.5. The molecular weight excluding hydrogens is 306 g/mol. The first-order valence-electron chi connectivity index (χ1n) is 8.59. The highest BCUT2D eigenvalue weighted by Crippen LogP contribution is 2.23. The molecule has 1 aliphatic heterocycles. The van der Waals surface area contributed by atoms with Crippen molar-refractivity contribution in [3.05, 3.63) is 71.3 Å². The van der Waals surface area contributed by atoms with Crippen molar-refractivity contribution in [3.8, 4) is 0 Å². The van der Waals surface area contributed by atoms with E-state index in [-0.39, 0.29) is 6.04 Å². The van der Waals surface area contributed by atoms with E-state index < -0.39 is 11.6 Å². The van der Waals surface area contributed by atoms with E-state index in [1.54, 1.807) is 6.07 Å². The molecule has 2 aromatic rings. The lowest BCUT2D eigenvalue weighted by Gasteiger charge is -2.28. The summed E-state index contributed by atoms with van der Waals surface area (Å²) >= 11 is 0. The van der Waals surface area contributed by atoms with Gasteiger partial charge in [-0.05, 0) is 43.1 Å². The molecule has 0 saturated carbocycles. The van der Waals surface area contributed by atoms with Crippen LogP contribution in [0.1, 0.15) is 30.5 Å². The van der Waals surface area contributed by atoms with Crippen molar-refractivity contribution < 1.29 is 8.78 Å². The van der Waals surface area contributed by atoms with Crippen LogP contribution in [0.2, 0.25) is 0 Å². The average molecular weight is 330 g/mol. The Kier molecular flexibility index (Phi) is 5.59. The lowest BCUT2D eigenvalue weighted by atomic mass is 10.1. The van der Waals surface area contributed by atoms with Crippen molar-refractivity contribution in [3.63, 3.8) is 0 Å². The normalized spacial score (nSPS) is 18.3. The van der Waals surface area contributed by atoms with Crippen molar-refractivity contribution >= 4 is 0 Å². The number of benzene rings is 2. The molecule has 0 aromatic heterocycles. The maximum atomic E-state index is 13.5. The van der Waals surface area contributed by atoms with Crippen LogP contribution >= 0.6 is 0 Å². The second kappa shape index (κ2) is 7.86. The molecule has 1 heterocycles. The first kappa shape index (κ1) is 17.1. The summed E-state index contributed by atoms with van der Waals surface area (Å²) in [5.74, 6) is -1.55. The number of halogens is 2. The Balaban J connectivity index is 1.61. The van der Waals surface area contributed by atoms with Crippen LogP contribution in [-0.4, -0.2) is 36.0 Å². The summed E-state index contributed by atoms with van der Waals surface area (Å²) in [6.45, 7) is 7.00. The third-order valence-electron chi connectivity index (χ3n) is 4.85. The Morgan fingerprint density at radius 1 is 0.917 bits per heavy atom. The van der Waals surface area contributed by atoms with Crippen molar-refractivity contribution in [2.45, 2.75) is 25.9 Å². The van der Waals surface area contributed by atoms with Crippen LogP contribution in [0, 0.1) is 11.6 Å². The molecule has 3 rings (SSSR count). The number of hydrogen-bond acceptors (Lipinski definition) is 2. The van der Waals surface area contributed by atoms with Crippen molar-refractivity contribution in [2.24, 2.45) is 0 Å². The molecule has 1 unspecified atom stereocenters. The predicted molar refractivity (Wildman–Crippen MR) is 92.7 cm³/mol. The third-order valence-corrected chi connectivity index (χ3v) is 4.85. The number of hydrogen-bond donors (Lipinski definition) is 0. The molecule has 4 heteroatoms. The van der Waals surface area contributed by atoms with Crippen molar-refractivity contribution in [2.75, 3.05) is 26.2 Å². The van der Waals surface area contributed by atoms with Crippen LogP contribution in [0.15, 0.2) is 48.5 Å². The fourth-order valence-corrected chi connectivity index (χ4v) is 3.36. The zero-order chi connectivity index (χ0) is 16.9. The summed E-state index contributed by atoms with van der Waals surface area (Å²) in [7, 11) is 0. The van der Waals surface area contributed by atoms with E-state index in [2.05, 4.69) is 41.0 Å². The van der Waals surface area contributed by atoms with Gasteiger partial charge >= 0.3 is 0 Å². The largest absolute Gasteiger partial charge is 0.298 e. The van der Waals surface area contributed by atoms with Gasteiger partial charge in [-0.1, -0.05) is 36.4 Å². The van der Waals surface area contributed by atoms with Gasteiger partial charge in [-0.2, -0.15) is 0 Å². The van der Waals surface area contributed by atoms with Crippen LogP contribution in [0.5, 0.6) is 0 Å². The Hall–Kier alpha value is -1.78. The first-order valence-corrected chi connectivity index (χ1v) is 8.59. The molecule has 0 spiro atoms. The van der Waals surface area contributed by atoms with Crippen LogP contribution in [0.3, 0.4) is 0 Å². The topological polar surface area (TPSA) is 6.48 Å². The van der Waals surface area contributed by atoms with Crippen LogP contribution in [0.4, 0.5) is 8.78 Å². The first-order chi connectivity index (χ1) is 11.6. The average Bonchev–Trinajstić information content (AvgIpc) is 2.83. The minimum absolute atomic E-state index is 0.0942. The standard InChI is InChI=1S/C20H24F2N2/c1-16(18-8-9-19(21)20(22)14-18)24-11-5-10-23(12-13-24)15-17-6-3-2-4-7-17/h2-4,6-9,14,16H,5,10-13,15H2,1H3. The quantitative estimate of drug-likeness (QED) is 0.827. The van der Waals surface area contributed by atoms with E-state index in [1.807, 2.05) is 6.07 Å². The fourth-order valence-electron chi connectivity index (χ4n) is 3.36. The van der Waals surface area contributed by atoms with Crippen LogP contribution in [-0.2, 0) is 6.54 Å². The second-order valence-electron chi connectivity index (χ2n) is 6.50. The van der Waals surface area contributed by atoms with Gasteiger partial charge in [-0.3, -0.25) is 9.80 Å². The SMILES string of the molecule is CC(c1ccc(F)c(F)c1)N1CCCN(Cc2ccccc2)CC1. The molecule has 24 heavy (non-hydrogen) atoms. The van der Waals surface area contributed by atoms with E-state index in [0.29, 0.717) is 0 Å². The van der Waals surface area contributed by atoms with Gasteiger partial charge in [0.1, 0.15) is 0 Å². The monoisotopic (exact) mass is 330 g/mol. The molecule has 1 atom stereocenters. The lowest BCUT2D eigenvalue weighted by molar-refractivity contribution is 0.208. The molecule has 1 aliphatic rings. The summed E-state index contributed by atoms with van der Waals surface area (Å²) in [5.41, 5.74) is 2.17. The van der Waals surface area contributed by atoms with E-state index >= 15 is 0 Å². The molecule has 0 aliphatic carbocycles. The zero-order valence-electron chi connectivity index (χ0n) is 14.1. The molecule has 1 fully saturated rings. The van der Waals surface area contributed by atoms with Gasteiger partial charge in [0.15, 0.2) is 11.6 Å². The van der Waals surface area contributed by atoms with E-state index in [0.717, 1.165) is 44.7 Å². The molecule has 1 saturated heterocycles. The molecular formula is C20H24F2N2. The molecule has 0 amide bonds. The minimum atomic E-state index is -0.782. The predicted octanol–water partition coefficient (Wildman–Crippen LogP) is 4.23. The second-order valence-corrected chi connectivity index (χ2v) is 6.50. The molecule has 2 aromatic carbocycles. The molecule has 0 N–H and O–H groups in total. The van der Waals surface area contributed by atoms with E-state index in [1.165, 1.54) is 17.7 Å². The Morgan fingerprint density at radius 3 is 2.46 bits per heavy atom. The highest BCUT2D eigenvalue weighted by Gasteiger charge is 2.21. The molecule has 2 nitrogen and oxygen atoms in total. The van der Waals surface area contributed by atoms with E-state index in [4.69, 9.17) is 0 Å². The molecule has 128 valence electrons. The third kappa shape index (κ3) is 4.19. The Bertz CT molecular complexity index is 660. The van der Waals surface area contributed by atoms with Crippen molar-refractivity contribution in [1.29, 1.82) is 0 Å². The van der Waals surface area contributed by atoms with Gasteiger partial charge in [0.2, 0.25) is 0 Å². The lowest BCUT2D eigenvalue weighted by Crippen LogP contribution is -2.32. The summed E-state index contributed by atoms with van der Waals surface area (Å²) in [6.07, 6.45) is 1.08. The zero-order valence-corrected chi connectivity index (χ0v) is 14.1. The summed E-state index contributed by atoms with van der Waals surface area (Å²) in [5, 5.41) is 0. The Labute approximate surface area is 142 Å². The number of rotatable bonds is 4. The summed E-state index contributed by atoms with van der Waals surface area (Å²) in [4.78, 5) is 4.82. The fraction of sp³-hybridized carbons (Fsp3) is 0.400. The van der Waals surface area contributed by atoms with Gasteiger partial charge in [-0.25, -0.2) is 8.78 Å². The van der Waals surface area contributed by atoms with Gasteiger partial charge in [0, 0.05) is 32.2 Å². The molecule has 0 radical (unpaired) electrons. The van der Waals surface area contributed by atoms with Gasteiger partial charge in [-0.15, -0.1) is 0 Å². The summed E-state index contributed by atoms with van der Waals surface area (Å²) < 4.78 is 26.6. The van der Waals surface area contributed by atoms with Gasteiger partial charge in [0.25, 0.3) is 0 Å². The highest BCUT2D eigenvalue weighted by molar-refractivity contribution is 5.21. The summed E-state index contributed by atoms with van der Waals surface area (Å²) in [6, 6.07) is 14.8. The van der Waals surface area contributed by atoms with Crippen LogP contribution in [0.25, 0.3) is 0 Å². The smallest absolute Gasteiger partial charge is 0.159 e. The van der Waals surface area contributed by atoms with Gasteiger partial charge < -0.3 is 0 Å². The van der Waals surface area contributed by atoms with Gasteiger partial charge in [0.05, 0.1) is 0 Å². The number of nitrogens with zero attached hydrogens (tertiary/aromatic N) is 2. The maximum Gasteiger partial charge on any atom is 0.159 e. The van der Waals surface area contributed by atoms with E-state index in [9.17, 15) is 8.78 Å². The highest BCUT2D eigenvalue weighted by atomic mass is 19.2.